The molecule has 2 fully saturated rings. The topological polar surface area (TPSA) is 61.8 Å². The zero-order chi connectivity index (χ0) is 20.9. The summed E-state index contributed by atoms with van der Waals surface area (Å²) in [6.07, 6.45) is 3.72. The maximum atomic E-state index is 12.7. The summed E-state index contributed by atoms with van der Waals surface area (Å²) in [4.78, 5) is 28.7. The van der Waals surface area contributed by atoms with Crippen LogP contribution in [0.1, 0.15) is 30.5 Å². The smallest absolute Gasteiger partial charge is 0.227 e. The van der Waals surface area contributed by atoms with Crippen LogP contribution in [0.15, 0.2) is 30.3 Å². The van der Waals surface area contributed by atoms with Crippen LogP contribution in [-0.2, 0) is 11.2 Å². The quantitative estimate of drug-likeness (QED) is 0.731. The highest BCUT2D eigenvalue weighted by Crippen LogP contribution is 2.22. The number of anilines is 2. The van der Waals surface area contributed by atoms with E-state index in [9.17, 15) is 4.79 Å². The number of nitrogens with zero attached hydrogens (tertiary/aromatic N) is 5. The van der Waals surface area contributed by atoms with E-state index in [-0.39, 0.29) is 5.91 Å². The molecule has 0 bridgehead atoms. The number of rotatable bonds is 6. The number of amides is 1. The molecule has 4 rings (SSSR count). The second kappa shape index (κ2) is 9.32. The van der Waals surface area contributed by atoms with Gasteiger partial charge in [0.1, 0.15) is 11.6 Å². The molecule has 7 nitrogen and oxygen atoms in total. The van der Waals surface area contributed by atoms with Crippen LogP contribution in [0.25, 0.3) is 0 Å². The maximum absolute atomic E-state index is 12.7. The molecular formula is C23H31N5O2. The Balaban J connectivity index is 1.30. The predicted octanol–water partition coefficient (Wildman–Crippen LogP) is 2.68. The lowest BCUT2D eigenvalue weighted by Gasteiger charge is -2.36. The van der Waals surface area contributed by atoms with E-state index in [1.54, 1.807) is 7.11 Å². The number of hydrogen-bond donors (Lipinski definition) is 0. The number of benzene rings is 1. The third-order valence-corrected chi connectivity index (χ3v) is 5.96. The predicted molar refractivity (Wildman–Crippen MR) is 118 cm³/mol. The summed E-state index contributed by atoms with van der Waals surface area (Å²) in [7, 11) is 1.66. The normalized spacial score (nSPS) is 16.8. The molecule has 2 aromatic rings. The van der Waals surface area contributed by atoms with Crippen LogP contribution in [0, 0.1) is 6.92 Å². The van der Waals surface area contributed by atoms with Gasteiger partial charge in [-0.1, -0.05) is 12.1 Å². The first-order chi connectivity index (χ1) is 14.6. The molecule has 1 amide bonds. The Hall–Kier alpha value is -2.83. The van der Waals surface area contributed by atoms with Gasteiger partial charge in [0.15, 0.2) is 0 Å². The molecule has 2 saturated heterocycles. The highest BCUT2D eigenvalue weighted by atomic mass is 16.5. The van der Waals surface area contributed by atoms with Crippen LogP contribution in [0.4, 0.5) is 11.8 Å². The van der Waals surface area contributed by atoms with Gasteiger partial charge in [0, 0.05) is 57.4 Å². The summed E-state index contributed by atoms with van der Waals surface area (Å²) < 4.78 is 5.19. The van der Waals surface area contributed by atoms with Crippen molar-refractivity contribution in [2.45, 2.75) is 32.6 Å². The Morgan fingerprint density at radius 3 is 2.33 bits per heavy atom. The van der Waals surface area contributed by atoms with Gasteiger partial charge in [0.2, 0.25) is 11.9 Å². The molecule has 0 atom stereocenters. The van der Waals surface area contributed by atoms with Gasteiger partial charge in [-0.2, -0.15) is 4.98 Å². The Labute approximate surface area is 178 Å². The monoisotopic (exact) mass is 409 g/mol. The number of hydrogen-bond acceptors (Lipinski definition) is 6. The van der Waals surface area contributed by atoms with Crippen molar-refractivity contribution in [3.63, 3.8) is 0 Å². The minimum absolute atomic E-state index is 0.224. The van der Waals surface area contributed by atoms with E-state index in [0.29, 0.717) is 6.42 Å². The zero-order valence-corrected chi connectivity index (χ0v) is 18.0. The SMILES string of the molecule is COc1ccc(CCC(=O)N2CCN(c3cc(C)nc(N4CCCC4)n3)CC2)cc1. The lowest BCUT2D eigenvalue weighted by molar-refractivity contribution is -0.131. The molecule has 0 spiro atoms. The summed E-state index contributed by atoms with van der Waals surface area (Å²) in [5, 5.41) is 0. The fraction of sp³-hybridized carbons (Fsp3) is 0.522. The number of aromatic nitrogens is 2. The van der Waals surface area contributed by atoms with E-state index >= 15 is 0 Å². The molecule has 160 valence electrons. The van der Waals surface area contributed by atoms with Gasteiger partial charge in [-0.05, 0) is 43.9 Å². The van der Waals surface area contributed by atoms with Crippen LogP contribution in [0.2, 0.25) is 0 Å². The number of carbonyl (C=O) groups excluding carboxylic acids is 1. The molecule has 0 unspecified atom stereocenters. The Bertz CT molecular complexity index is 856. The van der Waals surface area contributed by atoms with E-state index in [2.05, 4.69) is 20.9 Å². The van der Waals surface area contributed by atoms with Gasteiger partial charge < -0.3 is 19.4 Å². The minimum atomic E-state index is 0.224. The van der Waals surface area contributed by atoms with Crippen LogP contribution in [-0.4, -0.2) is 67.2 Å². The van der Waals surface area contributed by atoms with Crippen LogP contribution in [0.3, 0.4) is 0 Å². The molecule has 1 aromatic heterocycles. The van der Waals surface area contributed by atoms with Crippen LogP contribution >= 0.6 is 0 Å². The lowest BCUT2D eigenvalue weighted by atomic mass is 10.1. The molecule has 0 saturated carbocycles. The summed E-state index contributed by atoms with van der Waals surface area (Å²) in [6.45, 7) is 7.21. The maximum Gasteiger partial charge on any atom is 0.227 e. The van der Waals surface area contributed by atoms with E-state index in [1.165, 1.54) is 12.8 Å². The van der Waals surface area contributed by atoms with Gasteiger partial charge in [-0.25, -0.2) is 4.98 Å². The summed E-state index contributed by atoms with van der Waals surface area (Å²) in [5.41, 5.74) is 2.16. The van der Waals surface area contributed by atoms with Crippen LogP contribution < -0.4 is 14.5 Å². The Kier molecular flexibility index (Phi) is 6.35. The van der Waals surface area contributed by atoms with Crippen molar-refractivity contribution in [1.82, 2.24) is 14.9 Å². The lowest BCUT2D eigenvalue weighted by Crippen LogP contribution is -2.49. The van der Waals surface area contributed by atoms with Crippen molar-refractivity contribution in [3.8, 4) is 5.75 Å². The van der Waals surface area contributed by atoms with Gasteiger partial charge in [-0.15, -0.1) is 0 Å². The Morgan fingerprint density at radius 1 is 0.967 bits per heavy atom. The third-order valence-electron chi connectivity index (χ3n) is 5.96. The first kappa shape index (κ1) is 20.4. The summed E-state index contributed by atoms with van der Waals surface area (Å²) >= 11 is 0. The fourth-order valence-corrected chi connectivity index (χ4v) is 4.14. The van der Waals surface area contributed by atoms with Crippen molar-refractivity contribution in [1.29, 1.82) is 0 Å². The fourth-order valence-electron chi connectivity index (χ4n) is 4.14. The zero-order valence-electron chi connectivity index (χ0n) is 18.0. The second-order valence-corrected chi connectivity index (χ2v) is 8.08. The molecule has 3 heterocycles. The largest absolute Gasteiger partial charge is 0.497 e. The number of piperazine rings is 1. The van der Waals surface area contributed by atoms with E-state index in [4.69, 9.17) is 9.72 Å². The molecule has 1 aromatic carbocycles. The van der Waals surface area contributed by atoms with E-state index in [0.717, 1.165) is 74.5 Å². The van der Waals surface area contributed by atoms with Gasteiger partial charge in [-0.3, -0.25) is 4.79 Å². The minimum Gasteiger partial charge on any atom is -0.497 e. The third kappa shape index (κ3) is 4.83. The van der Waals surface area contributed by atoms with Crippen molar-refractivity contribution < 1.29 is 9.53 Å². The number of methoxy groups -OCH3 is 1. The molecule has 0 radical (unpaired) electrons. The average Bonchev–Trinajstić information content (AvgIpc) is 3.33. The standard InChI is InChI=1S/C23H31N5O2/c1-18-17-21(25-23(24-18)28-11-3-4-12-28)26-13-15-27(16-14-26)22(29)10-7-19-5-8-20(30-2)9-6-19/h5-6,8-9,17H,3-4,7,10-16H2,1-2H3. The van der Waals surface area contributed by atoms with Gasteiger partial charge in [0.25, 0.3) is 0 Å². The highest BCUT2D eigenvalue weighted by molar-refractivity contribution is 5.76. The first-order valence-corrected chi connectivity index (χ1v) is 10.9. The van der Waals surface area contributed by atoms with Crippen molar-refractivity contribution >= 4 is 17.7 Å². The van der Waals surface area contributed by atoms with Crippen molar-refractivity contribution in [2.75, 3.05) is 56.2 Å². The average molecular weight is 410 g/mol. The van der Waals surface area contributed by atoms with Crippen LogP contribution in [0.5, 0.6) is 5.75 Å². The molecule has 0 N–H and O–H groups in total. The van der Waals surface area contributed by atoms with E-state index in [1.807, 2.05) is 36.1 Å². The second-order valence-electron chi connectivity index (χ2n) is 8.08. The van der Waals surface area contributed by atoms with Gasteiger partial charge in [0.05, 0.1) is 7.11 Å². The van der Waals surface area contributed by atoms with Gasteiger partial charge >= 0.3 is 0 Å². The summed E-state index contributed by atoms with van der Waals surface area (Å²) in [5.74, 6) is 2.89. The molecule has 2 aliphatic heterocycles. The number of aryl methyl sites for hydroxylation is 2. The summed E-state index contributed by atoms with van der Waals surface area (Å²) in [6, 6.07) is 10.00. The number of carbonyl (C=O) groups is 1. The molecule has 2 aliphatic rings. The van der Waals surface area contributed by atoms with E-state index < -0.39 is 0 Å². The molecule has 0 aliphatic carbocycles. The van der Waals surface area contributed by atoms with Crippen molar-refractivity contribution in [2.24, 2.45) is 0 Å². The Morgan fingerprint density at radius 2 is 1.67 bits per heavy atom. The van der Waals surface area contributed by atoms with Crippen molar-refractivity contribution in [3.05, 3.63) is 41.6 Å². The number of ether oxygens (including phenoxy) is 1. The molecule has 30 heavy (non-hydrogen) atoms. The molecule has 7 heteroatoms. The molecular weight excluding hydrogens is 378 g/mol. The highest BCUT2D eigenvalue weighted by Gasteiger charge is 2.23. The first-order valence-electron chi connectivity index (χ1n) is 10.9.